The summed E-state index contributed by atoms with van der Waals surface area (Å²) in [5, 5.41) is 4.46. The summed E-state index contributed by atoms with van der Waals surface area (Å²) < 4.78 is 8.68. The molecule has 3 aromatic heterocycles. The summed E-state index contributed by atoms with van der Waals surface area (Å²) in [6.45, 7) is 8.73. The molecule has 248 valence electrons. The van der Waals surface area contributed by atoms with E-state index < -0.39 is 0 Å². The van der Waals surface area contributed by atoms with Crippen molar-refractivity contribution in [3.05, 3.63) is 158 Å². The Morgan fingerprint density at radius 3 is 2.20 bits per heavy atom. The van der Waals surface area contributed by atoms with E-state index in [4.69, 9.17) is 14.7 Å². The van der Waals surface area contributed by atoms with Crippen molar-refractivity contribution in [2.45, 2.75) is 26.2 Å². The van der Waals surface area contributed by atoms with E-state index in [1.165, 1.54) is 5.56 Å². The minimum absolute atomic E-state index is 0. The molecule has 1 aliphatic heterocycles. The summed E-state index contributed by atoms with van der Waals surface area (Å²) in [4.78, 5) is 13.9. The number of fused-ring (bicyclic) bond motifs is 5. The number of hydrogen-bond acceptors (Lipinski definition) is 5. The Bertz CT molecular complexity index is 2530. The van der Waals surface area contributed by atoms with Crippen molar-refractivity contribution in [2.24, 2.45) is 0 Å². The third-order valence-corrected chi connectivity index (χ3v) is 9.14. The summed E-state index contributed by atoms with van der Waals surface area (Å²) >= 11 is 0. The van der Waals surface area contributed by atoms with Crippen LogP contribution in [0.25, 0.3) is 38.4 Å². The normalized spacial score (nSPS) is 12.8. The molecule has 0 saturated carbocycles. The first kappa shape index (κ1) is 31.8. The van der Waals surface area contributed by atoms with E-state index >= 15 is 0 Å². The molecule has 9 rings (SSSR count). The van der Waals surface area contributed by atoms with Gasteiger partial charge in [-0.2, -0.15) is 12.1 Å². The monoisotopic (exact) mass is 829 g/mol. The molecule has 7 heteroatoms. The van der Waals surface area contributed by atoms with Gasteiger partial charge in [0, 0.05) is 67.2 Å². The number of aromatic nitrogens is 3. The maximum absolute atomic E-state index is 6.50. The van der Waals surface area contributed by atoms with Gasteiger partial charge in [-0.1, -0.05) is 80.9 Å². The van der Waals surface area contributed by atoms with E-state index in [0.717, 1.165) is 61.3 Å². The zero-order valence-corrected chi connectivity index (χ0v) is 30.0. The third kappa shape index (κ3) is 5.41. The molecule has 50 heavy (non-hydrogen) atoms. The molecular weight excluding hydrogens is 798 g/mol. The van der Waals surface area contributed by atoms with Gasteiger partial charge in [0.05, 0.1) is 0 Å². The Kier molecular flexibility index (Phi) is 7.92. The van der Waals surface area contributed by atoms with E-state index in [2.05, 4.69) is 145 Å². The second kappa shape index (κ2) is 12.5. The predicted octanol–water partition coefficient (Wildman–Crippen LogP) is 10.8. The smallest absolute Gasteiger partial charge is 0.135 e. The number of nitrogens with zero attached hydrogens (tertiary/aromatic N) is 5. The van der Waals surface area contributed by atoms with E-state index in [9.17, 15) is 0 Å². The summed E-state index contributed by atoms with van der Waals surface area (Å²) in [6, 6.07) is 48.5. The molecule has 0 unspecified atom stereocenters. The summed E-state index contributed by atoms with van der Waals surface area (Å²) in [5.74, 6) is 2.93. The molecule has 8 aromatic rings. The summed E-state index contributed by atoms with van der Waals surface area (Å²) in [7, 11) is 0. The second-order valence-corrected chi connectivity index (χ2v) is 13.3. The number of pyridine rings is 2. The van der Waals surface area contributed by atoms with Gasteiger partial charge in [-0.25, -0.2) is 9.97 Å². The van der Waals surface area contributed by atoms with Gasteiger partial charge in [0.25, 0.3) is 0 Å². The molecule has 6 nitrogen and oxygen atoms in total. The molecule has 5 aromatic carbocycles. The van der Waals surface area contributed by atoms with Gasteiger partial charge in [0.1, 0.15) is 11.6 Å². The average Bonchev–Trinajstić information content (AvgIpc) is 3.67. The van der Waals surface area contributed by atoms with E-state index in [0.29, 0.717) is 11.5 Å². The maximum Gasteiger partial charge on any atom is 0.135 e. The number of rotatable bonds is 5. The van der Waals surface area contributed by atoms with Crippen LogP contribution in [0.4, 0.5) is 22.9 Å². The molecule has 0 spiro atoms. The fourth-order valence-electron chi connectivity index (χ4n) is 6.70. The van der Waals surface area contributed by atoms with Crippen LogP contribution in [0.3, 0.4) is 0 Å². The second-order valence-electron chi connectivity index (χ2n) is 13.3. The predicted molar refractivity (Wildman–Crippen MR) is 198 cm³/mol. The van der Waals surface area contributed by atoms with Gasteiger partial charge in [-0.15, -0.1) is 48.1 Å². The van der Waals surface area contributed by atoms with Gasteiger partial charge in [-0.05, 0) is 58.1 Å². The Labute approximate surface area is 305 Å². The van der Waals surface area contributed by atoms with E-state index in [1.807, 2.05) is 42.7 Å². The van der Waals surface area contributed by atoms with Crippen LogP contribution in [0.2, 0.25) is 0 Å². The van der Waals surface area contributed by atoms with Crippen molar-refractivity contribution in [1.82, 2.24) is 14.5 Å². The van der Waals surface area contributed by atoms with Gasteiger partial charge in [0.15, 0.2) is 0 Å². The molecule has 0 aliphatic carbocycles. The van der Waals surface area contributed by atoms with E-state index in [1.54, 1.807) is 0 Å². The molecule has 1 aliphatic rings. The van der Waals surface area contributed by atoms with Crippen LogP contribution in [0.5, 0.6) is 11.5 Å². The van der Waals surface area contributed by atoms with Crippen LogP contribution in [0.1, 0.15) is 26.3 Å². The SMILES string of the molecule is CC(C)(C)c1ccnc(-n2c3[c-]c(Oc4[c-]c(N5[CH-]N(c6nccc7ccccc67)c6ccccc65)ccc4)ccc3c3ccccc32)c1.[Pt]. The van der Waals surface area contributed by atoms with Gasteiger partial charge < -0.3 is 19.1 Å². The molecule has 0 bridgehead atoms. The van der Waals surface area contributed by atoms with Crippen molar-refractivity contribution < 1.29 is 25.8 Å². The largest absolute Gasteiger partial charge is 0.509 e. The van der Waals surface area contributed by atoms with Crippen molar-refractivity contribution in [1.29, 1.82) is 0 Å². The average molecular weight is 830 g/mol. The molecule has 0 radical (unpaired) electrons. The number of hydrogen-bond donors (Lipinski definition) is 0. The first-order chi connectivity index (χ1) is 23.9. The number of anilines is 4. The number of para-hydroxylation sites is 3. The van der Waals surface area contributed by atoms with Crippen LogP contribution in [0.15, 0.2) is 134 Å². The number of benzene rings is 5. The minimum atomic E-state index is -0.00893. The molecule has 0 atom stereocenters. The van der Waals surface area contributed by atoms with Crippen molar-refractivity contribution in [3.8, 4) is 17.3 Å². The van der Waals surface area contributed by atoms with Gasteiger partial charge >= 0.3 is 0 Å². The molecule has 0 N–H and O–H groups in total. The Balaban J connectivity index is 0.00000361. The minimum Gasteiger partial charge on any atom is -0.509 e. The van der Waals surface area contributed by atoms with Crippen LogP contribution in [-0.4, -0.2) is 14.5 Å². The standard InChI is InChI=1S/C43H32N5O.Pt/c1-43(2,3)30-22-24-44-41(25-30)48-37-16-7-6-15-35(37)36-20-19-33(27-40(36)48)49-32-13-10-12-31(26-32)46-28-47(39-18-9-8-17-38(39)46)42-34-14-5-4-11-29(34)21-23-45-42;/h4-25,28H,1-3H3;/q-3;. The molecule has 0 saturated heterocycles. The zero-order valence-electron chi connectivity index (χ0n) is 27.7. The quantitative estimate of drug-likeness (QED) is 0.162. The maximum atomic E-state index is 6.50. The molecule has 0 amide bonds. The van der Waals surface area contributed by atoms with Crippen LogP contribution < -0.4 is 14.5 Å². The van der Waals surface area contributed by atoms with Crippen molar-refractivity contribution in [2.75, 3.05) is 9.80 Å². The molecule has 4 heterocycles. The van der Waals surface area contributed by atoms with Crippen LogP contribution >= 0.6 is 0 Å². The van der Waals surface area contributed by atoms with Gasteiger partial charge in [-0.3, -0.25) is 0 Å². The fraction of sp³-hybridized carbons (Fsp3) is 0.0930. The molecule has 0 fully saturated rings. The fourth-order valence-corrected chi connectivity index (χ4v) is 6.70. The topological polar surface area (TPSA) is 46.4 Å². The van der Waals surface area contributed by atoms with Gasteiger partial charge in [0.2, 0.25) is 0 Å². The Morgan fingerprint density at radius 2 is 1.36 bits per heavy atom. The van der Waals surface area contributed by atoms with E-state index in [-0.39, 0.29) is 26.5 Å². The molecular formula is C43H32N5OPt-3. The Morgan fingerprint density at radius 1 is 0.640 bits per heavy atom. The first-order valence-corrected chi connectivity index (χ1v) is 16.4. The Hall–Kier alpha value is -5.45. The third-order valence-electron chi connectivity index (χ3n) is 9.14. The summed E-state index contributed by atoms with van der Waals surface area (Å²) in [5.41, 5.74) is 6.13. The zero-order chi connectivity index (χ0) is 33.1. The number of ether oxygens (including phenoxy) is 1. The van der Waals surface area contributed by atoms with Crippen LogP contribution in [0, 0.1) is 18.8 Å². The van der Waals surface area contributed by atoms with Crippen LogP contribution in [-0.2, 0) is 26.5 Å². The summed E-state index contributed by atoms with van der Waals surface area (Å²) in [6.07, 6.45) is 3.75. The van der Waals surface area contributed by atoms with Crippen molar-refractivity contribution >= 4 is 55.5 Å². The van der Waals surface area contributed by atoms with Crippen molar-refractivity contribution in [3.63, 3.8) is 0 Å². The first-order valence-electron chi connectivity index (χ1n) is 16.4.